The van der Waals surface area contributed by atoms with Gasteiger partial charge in [0.05, 0.1) is 33.8 Å². The van der Waals surface area contributed by atoms with E-state index in [1.54, 1.807) is 36.7 Å². The number of carbonyl (C=O) groups is 2. The Kier molecular flexibility index (Phi) is 12.1. The van der Waals surface area contributed by atoms with Crippen LogP contribution in [-0.2, 0) is 32.6 Å². The van der Waals surface area contributed by atoms with Crippen molar-refractivity contribution in [2.24, 2.45) is 5.92 Å². The largest absolute Gasteiger partial charge is 0.445 e. The molecule has 0 unspecified atom stereocenters. The van der Waals surface area contributed by atoms with Crippen LogP contribution in [0, 0.1) is 5.92 Å². The van der Waals surface area contributed by atoms with Gasteiger partial charge in [-0.25, -0.2) is 18.2 Å². The molecule has 0 spiro atoms. The summed E-state index contributed by atoms with van der Waals surface area (Å²) in [6, 6.07) is 16.7. The third-order valence-corrected chi connectivity index (χ3v) is 10.7. The number of aromatic nitrogens is 2. The van der Waals surface area contributed by atoms with E-state index in [9.17, 15) is 23.1 Å². The number of thiazole rings is 1. The first-order valence-electron chi connectivity index (χ1n) is 16.0. The van der Waals surface area contributed by atoms with Crippen LogP contribution in [0.4, 0.5) is 9.93 Å². The smallest absolute Gasteiger partial charge is 0.407 e. The lowest BCUT2D eigenvalue weighted by atomic mass is 10.0. The Morgan fingerprint density at radius 1 is 1.04 bits per heavy atom. The lowest BCUT2D eigenvalue weighted by Gasteiger charge is -2.30. The van der Waals surface area contributed by atoms with Crippen molar-refractivity contribution in [3.05, 3.63) is 84.2 Å². The number of hydrogen-bond acceptors (Lipinski definition) is 10. The number of alkyl carbamates (subject to hydrolysis) is 1. The van der Waals surface area contributed by atoms with Gasteiger partial charge in [0.15, 0.2) is 5.13 Å². The second-order valence-electron chi connectivity index (χ2n) is 12.3. The molecule has 48 heavy (non-hydrogen) atoms. The predicted octanol–water partition coefficient (Wildman–Crippen LogP) is 4.27. The Morgan fingerprint density at radius 2 is 1.79 bits per heavy atom. The summed E-state index contributed by atoms with van der Waals surface area (Å²) in [4.78, 5) is 36.1. The third kappa shape index (κ3) is 9.80. The molecule has 1 aliphatic rings. The van der Waals surface area contributed by atoms with E-state index in [-0.39, 0.29) is 42.8 Å². The van der Waals surface area contributed by atoms with Crippen molar-refractivity contribution in [2.45, 2.75) is 56.8 Å². The minimum absolute atomic E-state index is 0.00836. The van der Waals surface area contributed by atoms with Crippen molar-refractivity contribution in [1.82, 2.24) is 24.5 Å². The van der Waals surface area contributed by atoms with Crippen molar-refractivity contribution >= 4 is 48.7 Å². The predicted molar refractivity (Wildman–Crippen MR) is 185 cm³/mol. The van der Waals surface area contributed by atoms with Crippen LogP contribution in [0.25, 0.3) is 10.2 Å². The molecule has 0 radical (unpaired) electrons. The molecule has 0 aliphatic carbocycles. The zero-order valence-electron chi connectivity index (χ0n) is 27.1. The number of benzene rings is 2. The van der Waals surface area contributed by atoms with Gasteiger partial charge in [0.2, 0.25) is 15.9 Å². The first kappa shape index (κ1) is 35.4. The highest BCUT2D eigenvalue weighted by atomic mass is 32.2. The van der Waals surface area contributed by atoms with Gasteiger partial charge >= 0.3 is 6.09 Å². The van der Waals surface area contributed by atoms with Crippen molar-refractivity contribution in [2.75, 3.05) is 38.0 Å². The molecule has 4 aromatic rings. The van der Waals surface area contributed by atoms with Gasteiger partial charge in [-0.2, -0.15) is 4.31 Å². The van der Waals surface area contributed by atoms with Crippen LogP contribution in [0.3, 0.4) is 0 Å². The van der Waals surface area contributed by atoms with Crippen LogP contribution in [0.1, 0.15) is 37.8 Å². The molecule has 14 heteroatoms. The van der Waals surface area contributed by atoms with E-state index in [0.717, 1.165) is 31.5 Å². The number of aliphatic hydroxyl groups is 1. The summed E-state index contributed by atoms with van der Waals surface area (Å²) in [5.74, 6) is -0.206. The van der Waals surface area contributed by atoms with Crippen LogP contribution in [0.5, 0.6) is 0 Å². The standard InChI is InChI=1S/C34H42N6O6S2/c1-24(2)20-40(21-30(41)29(17-25-9-4-3-5-10-25)37-34(43)46-23-26-11-8-14-35-19-26)48(44,45)27-12-13-28-31(18-27)47-33(36-28)38-32(42)22-39-15-6-7-16-39/h3-5,8-14,18-19,24,29-30,41H,6-7,15-17,20-23H2,1-2H3,(H,37,43)(H,36,38,42)/t29-,30+/m0/s1. The number of nitrogens with zero attached hydrogens (tertiary/aromatic N) is 4. The molecule has 3 N–H and O–H groups in total. The van der Waals surface area contributed by atoms with E-state index >= 15 is 0 Å². The number of sulfonamides is 1. The Bertz CT molecular complexity index is 1760. The first-order chi connectivity index (χ1) is 23.1. The van der Waals surface area contributed by atoms with E-state index in [4.69, 9.17) is 4.74 Å². The normalized spacial score (nSPS) is 15.1. The van der Waals surface area contributed by atoms with E-state index in [0.29, 0.717) is 27.5 Å². The van der Waals surface area contributed by atoms with E-state index in [1.165, 1.54) is 21.7 Å². The van der Waals surface area contributed by atoms with Crippen LogP contribution < -0.4 is 10.6 Å². The minimum atomic E-state index is -4.09. The van der Waals surface area contributed by atoms with Crippen LogP contribution in [0.15, 0.2) is 78.0 Å². The van der Waals surface area contributed by atoms with Crippen molar-refractivity contribution in [3.8, 4) is 0 Å². The molecule has 12 nitrogen and oxygen atoms in total. The van der Waals surface area contributed by atoms with Crippen LogP contribution in [0.2, 0.25) is 0 Å². The maximum atomic E-state index is 14.1. The van der Waals surface area contributed by atoms with Gasteiger partial charge in [0.25, 0.3) is 0 Å². The number of carbonyl (C=O) groups excluding carboxylic acids is 2. The molecule has 0 saturated carbocycles. The van der Waals surface area contributed by atoms with E-state index in [2.05, 4.69) is 25.5 Å². The van der Waals surface area contributed by atoms with Gasteiger partial charge in [-0.15, -0.1) is 0 Å². The number of rotatable bonds is 15. The summed E-state index contributed by atoms with van der Waals surface area (Å²) in [6.45, 7) is 5.75. The molecule has 5 rings (SSSR count). The summed E-state index contributed by atoms with van der Waals surface area (Å²) in [6.07, 6.45) is 3.62. The van der Waals surface area contributed by atoms with E-state index < -0.39 is 28.3 Å². The first-order valence-corrected chi connectivity index (χ1v) is 18.3. The van der Waals surface area contributed by atoms with Crippen LogP contribution >= 0.6 is 11.3 Å². The summed E-state index contributed by atoms with van der Waals surface area (Å²) < 4.78 is 35.4. The quantitative estimate of drug-likeness (QED) is 0.166. The number of likely N-dealkylation sites (tertiary alicyclic amines) is 1. The maximum Gasteiger partial charge on any atom is 0.407 e. The van der Waals surface area contributed by atoms with Gasteiger partial charge in [-0.1, -0.05) is 61.6 Å². The number of aliphatic hydroxyl groups excluding tert-OH is 1. The Morgan fingerprint density at radius 3 is 2.50 bits per heavy atom. The number of fused-ring (bicyclic) bond motifs is 1. The maximum absolute atomic E-state index is 14.1. The molecule has 2 aromatic carbocycles. The molecule has 1 aliphatic heterocycles. The zero-order chi connectivity index (χ0) is 34.1. The van der Waals surface area contributed by atoms with Crippen molar-refractivity contribution in [1.29, 1.82) is 0 Å². The number of amides is 2. The average Bonchev–Trinajstić information content (AvgIpc) is 3.72. The zero-order valence-corrected chi connectivity index (χ0v) is 28.8. The molecule has 0 bridgehead atoms. The van der Waals surface area contributed by atoms with E-state index in [1.807, 2.05) is 44.2 Å². The average molecular weight is 695 g/mol. The van der Waals surface area contributed by atoms with Gasteiger partial charge in [-0.3, -0.25) is 14.7 Å². The fraction of sp³-hybridized carbons (Fsp3) is 0.412. The van der Waals surface area contributed by atoms with Crippen molar-refractivity contribution < 1.29 is 27.9 Å². The lowest BCUT2D eigenvalue weighted by molar-refractivity contribution is -0.117. The van der Waals surface area contributed by atoms with Gasteiger partial charge in [0, 0.05) is 31.0 Å². The Balaban J connectivity index is 1.31. The van der Waals surface area contributed by atoms with Gasteiger partial charge in [0.1, 0.15) is 6.61 Å². The molecule has 1 saturated heterocycles. The highest BCUT2D eigenvalue weighted by Crippen LogP contribution is 2.30. The topological polar surface area (TPSA) is 154 Å². The summed E-state index contributed by atoms with van der Waals surface area (Å²) >= 11 is 1.21. The highest BCUT2D eigenvalue weighted by molar-refractivity contribution is 7.89. The molecular weight excluding hydrogens is 653 g/mol. The monoisotopic (exact) mass is 694 g/mol. The molecule has 2 amide bonds. The van der Waals surface area contributed by atoms with Gasteiger partial charge in [-0.05, 0) is 68.1 Å². The fourth-order valence-corrected chi connectivity index (χ4v) is 8.21. The third-order valence-electron chi connectivity index (χ3n) is 7.93. The summed E-state index contributed by atoms with van der Waals surface area (Å²) in [5, 5.41) is 17.5. The van der Waals surface area contributed by atoms with Crippen molar-refractivity contribution in [3.63, 3.8) is 0 Å². The van der Waals surface area contributed by atoms with Crippen LogP contribution in [-0.4, -0.2) is 89.6 Å². The number of ether oxygens (including phenoxy) is 1. The number of anilines is 1. The molecule has 3 heterocycles. The summed E-state index contributed by atoms with van der Waals surface area (Å²) in [7, 11) is -4.09. The molecule has 1 fully saturated rings. The molecular formula is C34H42N6O6S2. The Labute approximate surface area is 285 Å². The number of hydrogen-bond donors (Lipinski definition) is 3. The number of pyridine rings is 1. The molecule has 2 aromatic heterocycles. The SMILES string of the molecule is CC(C)CN(C[C@@H](O)[C@H](Cc1ccccc1)NC(=O)OCc1cccnc1)S(=O)(=O)c1ccc2nc(NC(=O)CN3CCCC3)sc2c1. The number of nitrogens with one attached hydrogen (secondary N) is 2. The summed E-state index contributed by atoms with van der Waals surface area (Å²) in [5.41, 5.74) is 2.13. The lowest BCUT2D eigenvalue weighted by Crippen LogP contribution is -2.51. The highest BCUT2D eigenvalue weighted by Gasteiger charge is 2.32. The Hall–Kier alpha value is -3.95. The van der Waals surface area contributed by atoms with Gasteiger partial charge < -0.3 is 20.5 Å². The molecule has 256 valence electrons. The fourth-order valence-electron chi connectivity index (χ4n) is 5.56. The molecule has 2 atom stereocenters. The second-order valence-corrected chi connectivity index (χ2v) is 15.3. The second kappa shape index (κ2) is 16.4. The minimum Gasteiger partial charge on any atom is -0.445 e.